The van der Waals surface area contributed by atoms with E-state index >= 15 is 0 Å². The van der Waals surface area contributed by atoms with Crippen molar-refractivity contribution in [3.63, 3.8) is 0 Å². The largest absolute Gasteiger partial charge is 0.361 e. The van der Waals surface area contributed by atoms with Gasteiger partial charge in [0.15, 0.2) is 0 Å². The number of hydrogen-bond acceptors (Lipinski definition) is 2. The van der Waals surface area contributed by atoms with E-state index in [0.29, 0.717) is 0 Å². The molecule has 3 nitrogen and oxygen atoms in total. The van der Waals surface area contributed by atoms with Gasteiger partial charge in [0.1, 0.15) is 0 Å². The minimum atomic E-state index is -3.64. The highest BCUT2D eigenvalue weighted by atomic mass is 35.7. The van der Waals surface area contributed by atoms with Gasteiger partial charge in [-0.3, -0.25) is 0 Å². The summed E-state index contributed by atoms with van der Waals surface area (Å²) >= 11 is 0. The van der Waals surface area contributed by atoms with Gasteiger partial charge >= 0.3 is 0 Å². The van der Waals surface area contributed by atoms with Crippen LogP contribution in [0.2, 0.25) is 0 Å². The number of fused-ring (bicyclic) bond motifs is 1. The van der Waals surface area contributed by atoms with Crippen molar-refractivity contribution in [1.29, 1.82) is 0 Å². The van der Waals surface area contributed by atoms with Crippen LogP contribution in [-0.4, -0.2) is 13.4 Å². The Morgan fingerprint density at radius 1 is 1.36 bits per heavy atom. The molecule has 0 atom stereocenters. The zero-order valence-electron chi connectivity index (χ0n) is 7.41. The monoisotopic (exact) mass is 229 g/mol. The van der Waals surface area contributed by atoms with Crippen LogP contribution in [-0.2, 0) is 9.05 Å². The Morgan fingerprint density at radius 3 is 2.71 bits per heavy atom. The van der Waals surface area contributed by atoms with Crippen LogP contribution >= 0.6 is 10.7 Å². The van der Waals surface area contributed by atoms with E-state index in [0.717, 1.165) is 16.5 Å². The Balaban J connectivity index is 2.83. The van der Waals surface area contributed by atoms with Gasteiger partial charge in [0.2, 0.25) is 0 Å². The lowest BCUT2D eigenvalue weighted by molar-refractivity contribution is 0.609. The first-order chi connectivity index (χ1) is 6.48. The molecule has 1 N–H and O–H groups in total. The SMILES string of the molecule is Cc1cc(S(=O)(=O)Cl)cc2cc[nH]c12. The van der Waals surface area contributed by atoms with Crippen LogP contribution in [0, 0.1) is 6.92 Å². The molecule has 74 valence electrons. The smallest absolute Gasteiger partial charge is 0.261 e. The molecule has 1 heterocycles. The molecule has 0 aliphatic carbocycles. The number of nitrogens with one attached hydrogen (secondary N) is 1. The lowest BCUT2D eigenvalue weighted by Gasteiger charge is -2.00. The summed E-state index contributed by atoms with van der Waals surface area (Å²) in [6, 6.07) is 4.93. The third-order valence-corrected chi connectivity index (χ3v) is 3.44. The maximum absolute atomic E-state index is 11.1. The van der Waals surface area contributed by atoms with Gasteiger partial charge in [0.25, 0.3) is 9.05 Å². The molecular weight excluding hydrogens is 222 g/mol. The number of halogens is 1. The molecule has 5 heteroatoms. The molecule has 2 rings (SSSR count). The van der Waals surface area contributed by atoms with E-state index in [1.807, 2.05) is 13.0 Å². The van der Waals surface area contributed by atoms with Gasteiger partial charge in [-0.15, -0.1) is 0 Å². The van der Waals surface area contributed by atoms with Gasteiger partial charge in [0.05, 0.1) is 4.90 Å². The topological polar surface area (TPSA) is 49.9 Å². The fourth-order valence-corrected chi connectivity index (χ4v) is 2.32. The molecule has 0 unspecified atom stereocenters. The van der Waals surface area contributed by atoms with Crippen LogP contribution < -0.4 is 0 Å². The van der Waals surface area contributed by atoms with E-state index < -0.39 is 9.05 Å². The first kappa shape index (κ1) is 9.55. The minimum Gasteiger partial charge on any atom is -0.361 e. The zero-order chi connectivity index (χ0) is 10.3. The van der Waals surface area contributed by atoms with E-state index in [2.05, 4.69) is 4.98 Å². The summed E-state index contributed by atoms with van der Waals surface area (Å²) in [6.07, 6.45) is 1.77. The Labute approximate surface area is 86.1 Å². The molecule has 0 amide bonds. The van der Waals surface area contributed by atoms with E-state index in [9.17, 15) is 8.42 Å². The molecule has 0 bridgehead atoms. The van der Waals surface area contributed by atoms with Crippen LogP contribution in [0.1, 0.15) is 5.56 Å². The molecule has 14 heavy (non-hydrogen) atoms. The summed E-state index contributed by atoms with van der Waals surface area (Å²) in [6.45, 7) is 1.84. The van der Waals surface area contributed by atoms with E-state index in [1.54, 1.807) is 18.3 Å². The van der Waals surface area contributed by atoms with E-state index in [-0.39, 0.29) is 4.90 Å². The lowest BCUT2D eigenvalue weighted by Crippen LogP contribution is -1.91. The Hall–Kier alpha value is -1.00. The number of aromatic nitrogens is 1. The van der Waals surface area contributed by atoms with Crippen molar-refractivity contribution < 1.29 is 8.42 Å². The van der Waals surface area contributed by atoms with Crippen molar-refractivity contribution in [2.75, 3.05) is 0 Å². The third kappa shape index (κ3) is 1.51. The molecule has 0 saturated carbocycles. The van der Waals surface area contributed by atoms with Gasteiger partial charge in [-0.25, -0.2) is 8.42 Å². The molecule has 0 spiro atoms. The van der Waals surface area contributed by atoms with Crippen LogP contribution in [0.3, 0.4) is 0 Å². The molecule has 2 aromatic rings. The summed E-state index contributed by atoms with van der Waals surface area (Å²) in [5, 5.41) is 0.851. The van der Waals surface area contributed by atoms with Gasteiger partial charge in [-0.2, -0.15) is 0 Å². The number of aromatic amines is 1. The summed E-state index contributed by atoms with van der Waals surface area (Å²) < 4.78 is 22.2. The molecule has 0 aliphatic heterocycles. The second-order valence-electron chi connectivity index (χ2n) is 3.12. The normalized spacial score (nSPS) is 12.1. The van der Waals surface area contributed by atoms with Gasteiger partial charge < -0.3 is 4.98 Å². The highest BCUT2D eigenvalue weighted by molar-refractivity contribution is 8.13. The molecule has 0 fully saturated rings. The Morgan fingerprint density at radius 2 is 2.07 bits per heavy atom. The molecule has 0 saturated heterocycles. The van der Waals surface area contributed by atoms with Crippen LogP contribution in [0.25, 0.3) is 10.9 Å². The van der Waals surface area contributed by atoms with E-state index in [4.69, 9.17) is 10.7 Å². The first-order valence-electron chi connectivity index (χ1n) is 4.01. The van der Waals surface area contributed by atoms with Crippen LogP contribution in [0.4, 0.5) is 0 Å². The summed E-state index contributed by atoms with van der Waals surface area (Å²) in [7, 11) is 1.62. The van der Waals surface area contributed by atoms with Crippen molar-refractivity contribution in [2.24, 2.45) is 0 Å². The van der Waals surface area contributed by atoms with Crippen molar-refractivity contribution in [1.82, 2.24) is 4.98 Å². The van der Waals surface area contributed by atoms with Crippen molar-refractivity contribution >= 4 is 30.6 Å². The van der Waals surface area contributed by atoms with Crippen molar-refractivity contribution in [2.45, 2.75) is 11.8 Å². The minimum absolute atomic E-state index is 0.142. The summed E-state index contributed by atoms with van der Waals surface area (Å²) in [5.41, 5.74) is 1.81. The maximum Gasteiger partial charge on any atom is 0.261 e. The van der Waals surface area contributed by atoms with Crippen molar-refractivity contribution in [3.8, 4) is 0 Å². The number of rotatable bonds is 1. The first-order valence-corrected chi connectivity index (χ1v) is 6.32. The predicted molar refractivity (Wildman–Crippen MR) is 56.1 cm³/mol. The van der Waals surface area contributed by atoms with Crippen molar-refractivity contribution in [3.05, 3.63) is 30.0 Å². The summed E-state index contributed by atoms with van der Waals surface area (Å²) in [4.78, 5) is 3.17. The van der Waals surface area contributed by atoms with E-state index in [1.165, 1.54) is 0 Å². The second kappa shape index (κ2) is 3.00. The Kier molecular flexibility index (Phi) is 2.05. The quantitative estimate of drug-likeness (QED) is 0.764. The van der Waals surface area contributed by atoms with Gasteiger partial charge in [-0.05, 0) is 30.7 Å². The fourth-order valence-electron chi connectivity index (χ4n) is 1.46. The van der Waals surface area contributed by atoms with Crippen LogP contribution in [0.15, 0.2) is 29.3 Å². The second-order valence-corrected chi connectivity index (χ2v) is 5.69. The third-order valence-electron chi connectivity index (χ3n) is 2.11. The number of hydrogen-bond donors (Lipinski definition) is 1. The molecule has 0 aliphatic rings. The molecule has 1 aromatic carbocycles. The standard InChI is InChI=1S/C9H8ClNO2S/c1-6-4-8(14(10,12)13)5-7-2-3-11-9(6)7/h2-5,11H,1H3. The lowest BCUT2D eigenvalue weighted by atomic mass is 10.2. The van der Waals surface area contributed by atoms with Gasteiger partial charge in [0, 0.05) is 27.8 Å². The predicted octanol–water partition coefficient (Wildman–Crippen LogP) is 2.40. The number of aryl methyl sites for hydroxylation is 1. The fraction of sp³-hybridized carbons (Fsp3) is 0.111. The molecule has 1 aromatic heterocycles. The highest BCUT2D eigenvalue weighted by Gasteiger charge is 2.12. The zero-order valence-corrected chi connectivity index (χ0v) is 8.98. The number of H-pyrrole nitrogens is 1. The Bertz CT molecular complexity index is 586. The van der Waals surface area contributed by atoms with Gasteiger partial charge in [-0.1, -0.05) is 0 Å². The average molecular weight is 230 g/mol. The number of benzene rings is 1. The summed E-state index contributed by atoms with van der Waals surface area (Å²) in [5.74, 6) is 0. The molecule has 0 radical (unpaired) electrons. The highest BCUT2D eigenvalue weighted by Crippen LogP contribution is 2.24. The molecular formula is C9H8ClNO2S. The van der Waals surface area contributed by atoms with Crippen LogP contribution in [0.5, 0.6) is 0 Å². The maximum atomic E-state index is 11.1. The average Bonchev–Trinajstić information content (AvgIpc) is 2.50.